The lowest BCUT2D eigenvalue weighted by Gasteiger charge is -2.23. The third kappa shape index (κ3) is 7.86. The normalized spacial score (nSPS) is 15.6. The van der Waals surface area contributed by atoms with Crippen LogP contribution < -0.4 is 16.0 Å². The number of nitrogens with one attached hydrogen (secondary N) is 3. The molecule has 0 bridgehead atoms. The van der Waals surface area contributed by atoms with Crippen LogP contribution in [0.4, 0.5) is 0 Å². The second kappa shape index (κ2) is 11.4. The minimum Gasteiger partial charge on any atom is -0.352 e. The lowest BCUT2D eigenvalue weighted by molar-refractivity contribution is -0.127. The predicted molar refractivity (Wildman–Crippen MR) is 115 cm³/mol. The van der Waals surface area contributed by atoms with Gasteiger partial charge in [0, 0.05) is 11.1 Å². The van der Waals surface area contributed by atoms with Crippen molar-refractivity contribution in [1.82, 2.24) is 16.0 Å². The van der Waals surface area contributed by atoms with Gasteiger partial charge in [0.15, 0.2) is 0 Å². The van der Waals surface area contributed by atoms with E-state index in [1.807, 2.05) is 13.8 Å². The van der Waals surface area contributed by atoms with E-state index in [9.17, 15) is 14.4 Å². The van der Waals surface area contributed by atoms with Crippen LogP contribution in [0.3, 0.4) is 0 Å². The number of hydrogen-bond acceptors (Lipinski definition) is 3. The van der Waals surface area contributed by atoms with Gasteiger partial charge in [-0.3, -0.25) is 14.4 Å². The molecule has 0 saturated heterocycles. The molecule has 0 radical (unpaired) electrons. The van der Waals surface area contributed by atoms with Crippen LogP contribution in [-0.2, 0) is 9.59 Å². The minimum atomic E-state index is -0.767. The second-order valence-electron chi connectivity index (χ2n) is 7.90. The Bertz CT molecular complexity index is 734. The average molecular weight is 442 g/mol. The summed E-state index contributed by atoms with van der Waals surface area (Å²) in [6.07, 6.45) is 5.84. The Kier molecular flexibility index (Phi) is 9.24. The number of halogens is 2. The first-order chi connectivity index (χ1) is 13.8. The molecule has 0 heterocycles. The van der Waals surface area contributed by atoms with E-state index >= 15 is 0 Å². The van der Waals surface area contributed by atoms with Crippen LogP contribution in [0.15, 0.2) is 18.2 Å². The Morgan fingerprint density at radius 2 is 1.79 bits per heavy atom. The molecule has 1 aliphatic carbocycles. The molecule has 29 heavy (non-hydrogen) atoms. The number of amides is 3. The third-order valence-corrected chi connectivity index (χ3v) is 5.45. The van der Waals surface area contributed by atoms with Gasteiger partial charge < -0.3 is 16.0 Å². The summed E-state index contributed by atoms with van der Waals surface area (Å²) in [5.41, 5.74) is 0.243. The van der Waals surface area contributed by atoms with Crippen molar-refractivity contribution in [3.05, 3.63) is 33.8 Å². The summed E-state index contributed by atoms with van der Waals surface area (Å²) < 4.78 is 0. The summed E-state index contributed by atoms with van der Waals surface area (Å²) in [7, 11) is 0. The Morgan fingerprint density at radius 3 is 2.41 bits per heavy atom. The van der Waals surface area contributed by atoms with Crippen LogP contribution >= 0.6 is 23.2 Å². The topological polar surface area (TPSA) is 87.3 Å². The SMILES string of the molecule is CC(C)CC(NC(=O)c1ccc(Cl)cc1Cl)C(=O)NCC(=O)NC1CCCCC1. The summed E-state index contributed by atoms with van der Waals surface area (Å²) in [6, 6.07) is 3.98. The van der Waals surface area contributed by atoms with Crippen LogP contribution in [0.2, 0.25) is 10.0 Å². The van der Waals surface area contributed by atoms with Gasteiger partial charge in [-0.1, -0.05) is 56.3 Å². The van der Waals surface area contributed by atoms with Gasteiger partial charge in [0.25, 0.3) is 5.91 Å². The van der Waals surface area contributed by atoms with Crippen molar-refractivity contribution in [2.24, 2.45) is 5.92 Å². The average Bonchev–Trinajstić information content (AvgIpc) is 2.66. The van der Waals surface area contributed by atoms with E-state index in [1.54, 1.807) is 6.07 Å². The number of benzene rings is 1. The highest BCUT2D eigenvalue weighted by molar-refractivity contribution is 6.36. The second-order valence-corrected chi connectivity index (χ2v) is 8.74. The van der Waals surface area contributed by atoms with Crippen LogP contribution in [0.5, 0.6) is 0 Å². The molecule has 6 nitrogen and oxygen atoms in total. The Morgan fingerprint density at radius 1 is 1.10 bits per heavy atom. The quantitative estimate of drug-likeness (QED) is 0.574. The molecule has 1 aromatic carbocycles. The van der Waals surface area contributed by atoms with Crippen molar-refractivity contribution in [2.45, 2.75) is 64.5 Å². The zero-order chi connectivity index (χ0) is 21.4. The summed E-state index contributed by atoms with van der Waals surface area (Å²) >= 11 is 12.0. The highest BCUT2D eigenvalue weighted by Crippen LogP contribution is 2.21. The Hall–Kier alpha value is -1.79. The van der Waals surface area contributed by atoms with Crippen molar-refractivity contribution in [3.8, 4) is 0 Å². The van der Waals surface area contributed by atoms with Crippen molar-refractivity contribution in [3.63, 3.8) is 0 Å². The summed E-state index contributed by atoms with van der Waals surface area (Å²) in [5, 5.41) is 8.96. The standard InChI is InChI=1S/C21H29Cl2N3O3/c1-13(2)10-18(26-20(28)16-9-8-14(22)11-17(16)23)21(29)24-12-19(27)25-15-6-4-3-5-7-15/h8-9,11,13,15,18H,3-7,10,12H2,1-2H3,(H,24,29)(H,25,27)(H,26,28). The van der Waals surface area contributed by atoms with E-state index < -0.39 is 17.9 Å². The van der Waals surface area contributed by atoms with Crippen LogP contribution in [0, 0.1) is 5.92 Å². The van der Waals surface area contributed by atoms with E-state index in [1.165, 1.54) is 18.6 Å². The van der Waals surface area contributed by atoms with E-state index in [-0.39, 0.29) is 35.0 Å². The van der Waals surface area contributed by atoms with Gasteiger partial charge in [0.1, 0.15) is 6.04 Å². The van der Waals surface area contributed by atoms with Gasteiger partial charge in [-0.2, -0.15) is 0 Å². The molecule has 3 amide bonds. The smallest absolute Gasteiger partial charge is 0.253 e. The molecule has 1 aliphatic rings. The molecule has 2 rings (SSSR count). The van der Waals surface area contributed by atoms with Crippen LogP contribution in [0.25, 0.3) is 0 Å². The number of carbonyl (C=O) groups excluding carboxylic acids is 3. The molecular formula is C21H29Cl2N3O3. The van der Waals surface area contributed by atoms with Crippen molar-refractivity contribution < 1.29 is 14.4 Å². The van der Waals surface area contributed by atoms with Crippen LogP contribution in [-0.4, -0.2) is 36.3 Å². The van der Waals surface area contributed by atoms with Gasteiger partial charge >= 0.3 is 0 Å². The first-order valence-electron chi connectivity index (χ1n) is 10.1. The van der Waals surface area contributed by atoms with Gasteiger partial charge in [-0.15, -0.1) is 0 Å². The Labute approximate surface area is 182 Å². The van der Waals surface area contributed by atoms with Crippen molar-refractivity contribution >= 4 is 40.9 Å². The lowest BCUT2D eigenvalue weighted by atomic mass is 9.95. The molecule has 3 N–H and O–H groups in total. The van der Waals surface area contributed by atoms with Gasteiger partial charge in [-0.05, 0) is 43.4 Å². The maximum atomic E-state index is 12.6. The van der Waals surface area contributed by atoms with Crippen LogP contribution in [0.1, 0.15) is 62.7 Å². The molecular weight excluding hydrogens is 413 g/mol. The number of rotatable bonds is 8. The number of hydrogen-bond donors (Lipinski definition) is 3. The third-order valence-electron chi connectivity index (χ3n) is 4.90. The molecule has 8 heteroatoms. The van der Waals surface area contributed by atoms with Crippen molar-refractivity contribution in [1.29, 1.82) is 0 Å². The van der Waals surface area contributed by atoms with Gasteiger partial charge in [0.05, 0.1) is 17.1 Å². The van der Waals surface area contributed by atoms with E-state index in [4.69, 9.17) is 23.2 Å². The molecule has 1 fully saturated rings. The van der Waals surface area contributed by atoms with E-state index in [0.29, 0.717) is 11.4 Å². The summed E-state index contributed by atoms with van der Waals surface area (Å²) in [4.78, 5) is 37.3. The fraction of sp³-hybridized carbons (Fsp3) is 0.571. The lowest BCUT2D eigenvalue weighted by Crippen LogP contribution is -2.50. The molecule has 1 aromatic rings. The summed E-state index contributed by atoms with van der Waals surface area (Å²) in [6.45, 7) is 3.80. The fourth-order valence-electron chi connectivity index (χ4n) is 3.43. The molecule has 1 unspecified atom stereocenters. The van der Waals surface area contributed by atoms with E-state index in [2.05, 4.69) is 16.0 Å². The largest absolute Gasteiger partial charge is 0.352 e. The molecule has 160 valence electrons. The monoisotopic (exact) mass is 441 g/mol. The molecule has 1 atom stereocenters. The summed E-state index contributed by atoms with van der Waals surface area (Å²) in [5.74, 6) is -0.890. The highest BCUT2D eigenvalue weighted by Gasteiger charge is 2.24. The van der Waals surface area contributed by atoms with Gasteiger partial charge in [-0.25, -0.2) is 0 Å². The number of carbonyl (C=O) groups is 3. The zero-order valence-electron chi connectivity index (χ0n) is 16.9. The molecule has 0 spiro atoms. The van der Waals surface area contributed by atoms with E-state index in [0.717, 1.165) is 25.7 Å². The van der Waals surface area contributed by atoms with Gasteiger partial charge in [0.2, 0.25) is 11.8 Å². The molecule has 0 aliphatic heterocycles. The Balaban J connectivity index is 1.92. The highest BCUT2D eigenvalue weighted by atomic mass is 35.5. The first kappa shape index (κ1) is 23.5. The minimum absolute atomic E-state index is 0.110. The molecule has 0 aromatic heterocycles. The van der Waals surface area contributed by atoms with Crippen molar-refractivity contribution in [2.75, 3.05) is 6.54 Å². The maximum Gasteiger partial charge on any atom is 0.253 e. The fourth-order valence-corrected chi connectivity index (χ4v) is 3.92. The zero-order valence-corrected chi connectivity index (χ0v) is 18.4. The molecule has 1 saturated carbocycles. The predicted octanol–water partition coefficient (Wildman–Crippen LogP) is 3.70. The maximum absolute atomic E-state index is 12.6. The first-order valence-corrected chi connectivity index (χ1v) is 10.8.